The molecule has 0 aliphatic heterocycles. The van der Waals surface area contributed by atoms with Crippen molar-refractivity contribution in [1.29, 1.82) is 0 Å². The summed E-state index contributed by atoms with van der Waals surface area (Å²) in [5.74, 6) is 1.17. The molecule has 2 heteroatoms. The predicted octanol–water partition coefficient (Wildman–Crippen LogP) is 2.57. The molecule has 0 amide bonds. The summed E-state index contributed by atoms with van der Waals surface area (Å²) in [5.41, 5.74) is 8.53. The maximum Gasteiger partial charge on any atom is 0.0409 e. The van der Waals surface area contributed by atoms with Gasteiger partial charge in [-0.15, -0.1) is 0 Å². The average molecular weight is 196 g/mol. The Labute approximate surface area is 83.9 Å². The molecule has 0 fully saturated rings. The van der Waals surface area contributed by atoms with Gasteiger partial charge in [0.05, 0.1) is 0 Å². The van der Waals surface area contributed by atoms with Gasteiger partial charge in [0, 0.05) is 5.02 Å². The maximum atomic E-state index is 5.95. The summed E-state index contributed by atoms with van der Waals surface area (Å²) < 4.78 is 0. The standard InChI is InChI=1S/C11H14ClN/c1-7-4-8-2-3-9(12)5-10(8)11(7)6-13/h2-3,5,7,11H,4,6,13H2,1H3. The summed E-state index contributed by atoms with van der Waals surface area (Å²) in [6.07, 6.45) is 1.15. The smallest absolute Gasteiger partial charge is 0.0409 e. The van der Waals surface area contributed by atoms with Crippen molar-refractivity contribution in [3.63, 3.8) is 0 Å². The van der Waals surface area contributed by atoms with Crippen molar-refractivity contribution >= 4 is 11.6 Å². The largest absolute Gasteiger partial charge is 0.330 e. The zero-order chi connectivity index (χ0) is 9.42. The number of fused-ring (bicyclic) bond motifs is 1. The minimum absolute atomic E-state index is 0.508. The molecule has 0 heterocycles. The van der Waals surface area contributed by atoms with Crippen molar-refractivity contribution in [2.45, 2.75) is 19.3 Å². The van der Waals surface area contributed by atoms with Crippen LogP contribution in [-0.2, 0) is 6.42 Å². The van der Waals surface area contributed by atoms with E-state index in [1.165, 1.54) is 11.1 Å². The van der Waals surface area contributed by atoms with Crippen LogP contribution in [-0.4, -0.2) is 6.54 Å². The van der Waals surface area contributed by atoms with E-state index in [-0.39, 0.29) is 0 Å². The topological polar surface area (TPSA) is 26.0 Å². The van der Waals surface area contributed by atoms with Gasteiger partial charge in [-0.05, 0) is 48.1 Å². The Balaban J connectivity index is 2.44. The van der Waals surface area contributed by atoms with E-state index in [4.69, 9.17) is 17.3 Å². The summed E-state index contributed by atoms with van der Waals surface area (Å²) in [6.45, 7) is 2.99. The van der Waals surface area contributed by atoms with E-state index in [0.29, 0.717) is 11.8 Å². The van der Waals surface area contributed by atoms with Crippen LogP contribution in [0.2, 0.25) is 5.02 Å². The molecule has 0 aromatic heterocycles. The number of rotatable bonds is 1. The highest BCUT2D eigenvalue weighted by molar-refractivity contribution is 6.30. The first-order valence-electron chi connectivity index (χ1n) is 4.70. The third-order valence-corrected chi connectivity index (χ3v) is 3.23. The maximum absolute atomic E-state index is 5.95. The summed E-state index contributed by atoms with van der Waals surface area (Å²) in [7, 11) is 0. The molecule has 1 aromatic rings. The molecule has 0 spiro atoms. The predicted molar refractivity (Wildman–Crippen MR) is 56.1 cm³/mol. The Morgan fingerprint density at radius 3 is 3.00 bits per heavy atom. The van der Waals surface area contributed by atoms with Gasteiger partial charge in [-0.1, -0.05) is 24.6 Å². The van der Waals surface area contributed by atoms with Crippen LogP contribution in [0, 0.1) is 5.92 Å². The number of hydrogen-bond donors (Lipinski definition) is 1. The molecule has 70 valence electrons. The molecule has 1 nitrogen and oxygen atoms in total. The first-order valence-corrected chi connectivity index (χ1v) is 5.08. The summed E-state index contributed by atoms with van der Waals surface area (Å²) in [5, 5.41) is 0.825. The van der Waals surface area contributed by atoms with Crippen LogP contribution in [0.1, 0.15) is 24.0 Å². The molecular formula is C11H14ClN. The van der Waals surface area contributed by atoms with Crippen LogP contribution in [0.25, 0.3) is 0 Å². The highest BCUT2D eigenvalue weighted by atomic mass is 35.5. The molecule has 2 atom stereocenters. The Morgan fingerprint density at radius 1 is 1.54 bits per heavy atom. The van der Waals surface area contributed by atoms with Crippen molar-refractivity contribution in [2.24, 2.45) is 11.7 Å². The van der Waals surface area contributed by atoms with Crippen molar-refractivity contribution in [3.8, 4) is 0 Å². The molecule has 2 rings (SSSR count). The van der Waals surface area contributed by atoms with Crippen LogP contribution < -0.4 is 5.73 Å². The first-order chi connectivity index (χ1) is 6.22. The van der Waals surface area contributed by atoms with Crippen molar-refractivity contribution in [1.82, 2.24) is 0 Å². The Hall–Kier alpha value is -0.530. The lowest BCUT2D eigenvalue weighted by Crippen LogP contribution is -2.15. The van der Waals surface area contributed by atoms with E-state index < -0.39 is 0 Å². The van der Waals surface area contributed by atoms with Gasteiger partial charge in [0.1, 0.15) is 0 Å². The Bertz CT molecular complexity index is 322. The molecule has 0 saturated heterocycles. The number of benzene rings is 1. The van der Waals surface area contributed by atoms with Gasteiger partial charge in [-0.3, -0.25) is 0 Å². The summed E-state index contributed by atoms with van der Waals surface area (Å²) >= 11 is 5.95. The highest BCUT2D eigenvalue weighted by Gasteiger charge is 2.27. The molecule has 2 N–H and O–H groups in total. The van der Waals surface area contributed by atoms with Crippen molar-refractivity contribution in [3.05, 3.63) is 34.3 Å². The third kappa shape index (κ3) is 1.47. The van der Waals surface area contributed by atoms with E-state index in [0.717, 1.165) is 18.0 Å². The van der Waals surface area contributed by atoms with Crippen LogP contribution in [0.3, 0.4) is 0 Å². The van der Waals surface area contributed by atoms with Crippen molar-refractivity contribution in [2.75, 3.05) is 6.54 Å². The second-order valence-electron chi connectivity index (χ2n) is 3.87. The van der Waals surface area contributed by atoms with E-state index in [1.807, 2.05) is 6.07 Å². The molecule has 2 unspecified atom stereocenters. The minimum Gasteiger partial charge on any atom is -0.330 e. The molecular weight excluding hydrogens is 182 g/mol. The molecule has 0 radical (unpaired) electrons. The SMILES string of the molecule is CC1Cc2ccc(Cl)cc2C1CN. The first kappa shape index (κ1) is 9.04. The number of hydrogen-bond acceptors (Lipinski definition) is 1. The zero-order valence-corrected chi connectivity index (χ0v) is 8.51. The fraction of sp³-hybridized carbons (Fsp3) is 0.455. The van der Waals surface area contributed by atoms with Gasteiger partial charge in [-0.2, -0.15) is 0 Å². The second kappa shape index (κ2) is 3.32. The monoisotopic (exact) mass is 195 g/mol. The number of halogens is 1. The van der Waals surface area contributed by atoms with Gasteiger partial charge in [0.15, 0.2) is 0 Å². The van der Waals surface area contributed by atoms with Gasteiger partial charge in [0.25, 0.3) is 0 Å². The Kier molecular flexibility index (Phi) is 2.31. The lowest BCUT2D eigenvalue weighted by molar-refractivity contribution is 0.506. The van der Waals surface area contributed by atoms with E-state index >= 15 is 0 Å². The normalized spacial score (nSPS) is 26.1. The molecule has 1 aromatic carbocycles. The van der Waals surface area contributed by atoms with Gasteiger partial charge in [0.2, 0.25) is 0 Å². The fourth-order valence-corrected chi connectivity index (χ4v) is 2.43. The summed E-state index contributed by atoms with van der Waals surface area (Å²) in [4.78, 5) is 0. The zero-order valence-electron chi connectivity index (χ0n) is 7.76. The molecule has 13 heavy (non-hydrogen) atoms. The summed E-state index contributed by atoms with van der Waals surface area (Å²) in [6, 6.07) is 6.16. The van der Waals surface area contributed by atoms with E-state index in [9.17, 15) is 0 Å². The highest BCUT2D eigenvalue weighted by Crippen LogP contribution is 2.38. The van der Waals surface area contributed by atoms with Crippen LogP contribution in [0.5, 0.6) is 0 Å². The Morgan fingerprint density at radius 2 is 2.31 bits per heavy atom. The molecule has 1 aliphatic carbocycles. The van der Waals surface area contributed by atoms with E-state index in [2.05, 4.69) is 19.1 Å². The average Bonchev–Trinajstić information content (AvgIpc) is 2.40. The number of nitrogens with two attached hydrogens (primary N) is 1. The van der Waals surface area contributed by atoms with Crippen LogP contribution in [0.15, 0.2) is 18.2 Å². The molecule has 0 saturated carbocycles. The fourth-order valence-electron chi connectivity index (χ4n) is 2.25. The van der Waals surface area contributed by atoms with Crippen molar-refractivity contribution < 1.29 is 0 Å². The molecule has 1 aliphatic rings. The lowest BCUT2D eigenvalue weighted by Gasteiger charge is -2.13. The quantitative estimate of drug-likeness (QED) is 0.733. The van der Waals surface area contributed by atoms with E-state index in [1.54, 1.807) is 0 Å². The lowest BCUT2D eigenvalue weighted by atomic mass is 9.94. The minimum atomic E-state index is 0.508. The van der Waals surface area contributed by atoms with Crippen LogP contribution >= 0.6 is 11.6 Å². The second-order valence-corrected chi connectivity index (χ2v) is 4.30. The van der Waals surface area contributed by atoms with Gasteiger partial charge in [-0.25, -0.2) is 0 Å². The third-order valence-electron chi connectivity index (χ3n) is 2.99. The van der Waals surface area contributed by atoms with Gasteiger partial charge < -0.3 is 5.73 Å². The molecule has 0 bridgehead atoms. The van der Waals surface area contributed by atoms with Gasteiger partial charge >= 0.3 is 0 Å². The van der Waals surface area contributed by atoms with Crippen LogP contribution in [0.4, 0.5) is 0 Å².